The summed E-state index contributed by atoms with van der Waals surface area (Å²) in [6, 6.07) is 14.1. The number of benzene rings is 2. The number of carbonyl (C=O) groups is 2. The van der Waals surface area contributed by atoms with Gasteiger partial charge in [0.1, 0.15) is 12.1 Å². The summed E-state index contributed by atoms with van der Waals surface area (Å²) in [5, 5.41) is 3.10. The van der Waals surface area contributed by atoms with Gasteiger partial charge in [0.05, 0.1) is 4.90 Å². The van der Waals surface area contributed by atoms with Gasteiger partial charge in [0, 0.05) is 25.7 Å². The Morgan fingerprint density at radius 1 is 0.975 bits per heavy atom. The Morgan fingerprint density at radius 3 is 2.20 bits per heavy atom. The number of nitrogens with one attached hydrogen (secondary N) is 1. The monoisotopic (exact) mass is 566 g/mol. The fraction of sp³-hybridized carbons (Fsp3) is 0.548. The van der Waals surface area contributed by atoms with Crippen LogP contribution in [0.4, 0.5) is 0 Å². The third-order valence-corrected chi connectivity index (χ3v) is 11.3. The van der Waals surface area contributed by atoms with E-state index in [0.29, 0.717) is 18.7 Å². The number of sulfonamides is 1. The quantitative estimate of drug-likeness (QED) is 0.504. The van der Waals surface area contributed by atoms with Gasteiger partial charge in [0.15, 0.2) is 0 Å². The number of nitrogens with zero attached hydrogens (tertiary/aromatic N) is 3. The number of likely N-dealkylation sites (N-methyl/N-ethyl adjacent to an activating group) is 1. The number of piperazine rings is 1. The summed E-state index contributed by atoms with van der Waals surface area (Å²) >= 11 is 0. The van der Waals surface area contributed by atoms with Crippen LogP contribution < -0.4 is 5.32 Å². The van der Waals surface area contributed by atoms with Gasteiger partial charge in [0.2, 0.25) is 21.8 Å². The maximum atomic E-state index is 14.2. The SMILES string of the molecule is CCC(CC)[C@@H]1C(=O)N[C@H](C2Cc3ccccc3C2)C(=O)N1Cc1ccccc1S(=O)(=O)N1CC[C@@H](N(C)C)C1. The highest BCUT2D eigenvalue weighted by Gasteiger charge is 2.47. The molecule has 9 heteroatoms. The van der Waals surface area contributed by atoms with Crippen molar-refractivity contribution in [3.8, 4) is 0 Å². The summed E-state index contributed by atoms with van der Waals surface area (Å²) < 4.78 is 29.3. The molecule has 0 spiro atoms. The van der Waals surface area contributed by atoms with Gasteiger partial charge >= 0.3 is 0 Å². The molecule has 0 unspecified atom stereocenters. The zero-order valence-electron chi connectivity index (χ0n) is 24.0. The fourth-order valence-corrected chi connectivity index (χ4v) is 8.55. The van der Waals surface area contributed by atoms with Crippen molar-refractivity contribution in [1.29, 1.82) is 0 Å². The van der Waals surface area contributed by atoms with Gasteiger partial charge in [-0.15, -0.1) is 0 Å². The highest BCUT2D eigenvalue weighted by Crippen LogP contribution is 2.34. The van der Waals surface area contributed by atoms with E-state index in [2.05, 4.69) is 22.3 Å². The number of hydrogen-bond acceptors (Lipinski definition) is 5. The molecule has 2 aromatic carbocycles. The van der Waals surface area contributed by atoms with Crippen LogP contribution in [-0.2, 0) is 39.0 Å². The summed E-state index contributed by atoms with van der Waals surface area (Å²) in [4.78, 5) is 31.9. The first-order chi connectivity index (χ1) is 19.1. The summed E-state index contributed by atoms with van der Waals surface area (Å²) in [5.74, 6) is -0.294. The Bertz CT molecular complexity index is 1330. The highest BCUT2D eigenvalue weighted by molar-refractivity contribution is 7.89. The molecule has 0 bridgehead atoms. The molecular formula is C31H42N4O4S. The highest BCUT2D eigenvalue weighted by atomic mass is 32.2. The van der Waals surface area contributed by atoms with E-state index in [1.165, 1.54) is 11.1 Å². The van der Waals surface area contributed by atoms with Crippen molar-refractivity contribution in [2.24, 2.45) is 11.8 Å². The molecule has 5 rings (SSSR count). The number of amides is 2. The molecule has 2 amide bonds. The Kier molecular flexibility index (Phi) is 8.36. The normalized spacial score (nSPS) is 24.2. The topological polar surface area (TPSA) is 90.0 Å². The predicted molar refractivity (Wildman–Crippen MR) is 155 cm³/mol. The van der Waals surface area contributed by atoms with Gasteiger partial charge in [-0.3, -0.25) is 9.59 Å². The predicted octanol–water partition coefficient (Wildman–Crippen LogP) is 3.06. The minimum Gasteiger partial charge on any atom is -0.342 e. The zero-order chi connectivity index (χ0) is 28.6. The molecular weight excluding hydrogens is 524 g/mol. The summed E-state index contributed by atoms with van der Waals surface area (Å²) in [6.07, 6.45) is 3.75. The molecule has 8 nitrogen and oxygen atoms in total. The van der Waals surface area contributed by atoms with Crippen molar-refractivity contribution >= 4 is 21.8 Å². The van der Waals surface area contributed by atoms with Crippen LogP contribution in [0.25, 0.3) is 0 Å². The van der Waals surface area contributed by atoms with Crippen LogP contribution in [0.15, 0.2) is 53.4 Å². The van der Waals surface area contributed by atoms with Crippen molar-refractivity contribution in [2.75, 3.05) is 27.2 Å². The van der Waals surface area contributed by atoms with Crippen molar-refractivity contribution < 1.29 is 18.0 Å². The van der Waals surface area contributed by atoms with Crippen LogP contribution in [0, 0.1) is 11.8 Å². The average molecular weight is 567 g/mol. The maximum absolute atomic E-state index is 14.2. The average Bonchev–Trinajstić information content (AvgIpc) is 3.61. The number of fused-ring (bicyclic) bond motifs is 1. The second-order valence-corrected chi connectivity index (χ2v) is 13.7. The van der Waals surface area contributed by atoms with Crippen molar-refractivity contribution in [2.45, 2.75) is 75.5 Å². The lowest BCUT2D eigenvalue weighted by Crippen LogP contribution is -2.66. The van der Waals surface area contributed by atoms with E-state index >= 15 is 0 Å². The van der Waals surface area contributed by atoms with E-state index in [-0.39, 0.29) is 41.1 Å². The second kappa shape index (κ2) is 11.6. The summed E-state index contributed by atoms with van der Waals surface area (Å²) in [5.41, 5.74) is 3.01. The molecule has 2 aliphatic heterocycles. The molecule has 216 valence electrons. The molecule has 2 fully saturated rings. The Morgan fingerprint density at radius 2 is 1.60 bits per heavy atom. The van der Waals surface area contributed by atoms with E-state index in [0.717, 1.165) is 32.1 Å². The Labute approximate surface area is 238 Å². The smallest absolute Gasteiger partial charge is 0.246 e. The van der Waals surface area contributed by atoms with Gasteiger partial charge in [-0.25, -0.2) is 8.42 Å². The minimum absolute atomic E-state index is 0.0196. The molecule has 2 aromatic rings. The van der Waals surface area contributed by atoms with Gasteiger partial charge in [-0.2, -0.15) is 4.31 Å². The Hall–Kier alpha value is -2.75. The van der Waals surface area contributed by atoms with Crippen molar-refractivity contribution in [3.05, 3.63) is 65.2 Å². The van der Waals surface area contributed by atoms with Crippen LogP contribution >= 0.6 is 0 Å². The lowest BCUT2D eigenvalue weighted by atomic mass is 9.86. The van der Waals surface area contributed by atoms with Gasteiger partial charge in [-0.1, -0.05) is 69.2 Å². The lowest BCUT2D eigenvalue weighted by molar-refractivity contribution is -0.154. The summed E-state index contributed by atoms with van der Waals surface area (Å²) in [6.45, 7) is 5.07. The fourth-order valence-electron chi connectivity index (χ4n) is 6.84. The molecule has 0 radical (unpaired) electrons. The molecule has 3 atom stereocenters. The number of hydrogen-bond donors (Lipinski definition) is 1. The van der Waals surface area contributed by atoms with Crippen LogP contribution in [0.3, 0.4) is 0 Å². The van der Waals surface area contributed by atoms with E-state index in [1.54, 1.807) is 27.4 Å². The third kappa shape index (κ3) is 5.31. The van der Waals surface area contributed by atoms with Crippen LogP contribution in [0.2, 0.25) is 0 Å². The maximum Gasteiger partial charge on any atom is 0.246 e. The second-order valence-electron chi connectivity index (χ2n) is 11.8. The molecule has 2 heterocycles. The first-order valence-corrected chi connectivity index (χ1v) is 16.0. The molecule has 1 aliphatic carbocycles. The molecule has 3 aliphatic rings. The number of carbonyl (C=O) groups excluding carboxylic acids is 2. The lowest BCUT2D eigenvalue weighted by Gasteiger charge is -2.44. The van der Waals surface area contributed by atoms with E-state index in [1.807, 2.05) is 46.1 Å². The molecule has 40 heavy (non-hydrogen) atoms. The standard InChI is InChI=1S/C31H42N4O4S/c1-5-21(6-2)29-30(36)32-28(25-17-22-11-7-8-12-23(22)18-25)31(37)35(29)19-24-13-9-10-14-27(24)40(38,39)34-16-15-26(20-34)33(3)4/h7-14,21,25-26,28-29H,5-6,15-20H2,1-4H3,(H,32,36)/t26-,28-,29-/m1/s1. The minimum atomic E-state index is -3.76. The van der Waals surface area contributed by atoms with E-state index in [4.69, 9.17) is 0 Å². The summed E-state index contributed by atoms with van der Waals surface area (Å²) in [7, 11) is 0.179. The van der Waals surface area contributed by atoms with Gasteiger partial charge in [0.25, 0.3) is 0 Å². The van der Waals surface area contributed by atoms with Gasteiger partial charge in [-0.05, 0) is 68.0 Å². The van der Waals surface area contributed by atoms with Crippen LogP contribution in [0.1, 0.15) is 49.8 Å². The van der Waals surface area contributed by atoms with E-state index in [9.17, 15) is 18.0 Å². The first kappa shape index (κ1) is 28.8. The first-order valence-electron chi connectivity index (χ1n) is 14.6. The molecule has 0 saturated carbocycles. The number of rotatable bonds is 9. The molecule has 0 aromatic heterocycles. The van der Waals surface area contributed by atoms with Crippen molar-refractivity contribution in [3.63, 3.8) is 0 Å². The van der Waals surface area contributed by atoms with Gasteiger partial charge < -0.3 is 15.1 Å². The van der Waals surface area contributed by atoms with Crippen LogP contribution in [-0.4, -0.2) is 79.6 Å². The van der Waals surface area contributed by atoms with Crippen LogP contribution in [0.5, 0.6) is 0 Å². The largest absolute Gasteiger partial charge is 0.342 e. The Balaban J connectivity index is 1.46. The molecule has 2 saturated heterocycles. The van der Waals surface area contributed by atoms with Crippen molar-refractivity contribution in [1.82, 2.24) is 19.4 Å². The van der Waals surface area contributed by atoms with E-state index < -0.39 is 22.1 Å². The molecule has 1 N–H and O–H groups in total. The third-order valence-electron chi connectivity index (χ3n) is 9.29. The zero-order valence-corrected chi connectivity index (χ0v) is 24.9.